The fourth-order valence-corrected chi connectivity index (χ4v) is 11.4. The van der Waals surface area contributed by atoms with Crippen molar-refractivity contribution in [2.75, 3.05) is 39.6 Å². The number of rotatable bonds is 64. The zero-order chi connectivity index (χ0) is 63.1. The van der Waals surface area contributed by atoms with Gasteiger partial charge in [0.15, 0.2) is 12.2 Å². The first kappa shape index (κ1) is 83.1. The lowest BCUT2D eigenvalue weighted by atomic mass is 10.0. The minimum atomic E-state index is -4.95. The molecule has 0 saturated heterocycles. The van der Waals surface area contributed by atoms with Crippen LogP contribution in [-0.4, -0.2) is 96.7 Å². The van der Waals surface area contributed by atoms with Crippen LogP contribution in [0, 0.1) is 17.8 Å². The largest absolute Gasteiger partial charge is 0.472 e. The Morgan fingerprint density at radius 2 is 0.541 bits per heavy atom. The van der Waals surface area contributed by atoms with E-state index < -0.39 is 97.5 Å². The van der Waals surface area contributed by atoms with Crippen molar-refractivity contribution in [3.8, 4) is 0 Å². The van der Waals surface area contributed by atoms with Crippen LogP contribution in [0.1, 0.15) is 325 Å². The maximum absolute atomic E-state index is 13.0. The maximum atomic E-state index is 13.0. The van der Waals surface area contributed by atoms with Gasteiger partial charge in [0.2, 0.25) is 0 Å². The highest BCUT2D eigenvalue weighted by Gasteiger charge is 2.30. The first-order chi connectivity index (χ1) is 40.7. The Labute approximate surface area is 517 Å². The molecule has 0 fully saturated rings. The van der Waals surface area contributed by atoms with Crippen molar-refractivity contribution in [2.24, 2.45) is 17.8 Å². The van der Waals surface area contributed by atoms with Gasteiger partial charge >= 0.3 is 39.5 Å². The first-order valence-electron chi connectivity index (χ1n) is 34.3. The van der Waals surface area contributed by atoms with Crippen LogP contribution in [0.25, 0.3) is 0 Å². The van der Waals surface area contributed by atoms with Crippen molar-refractivity contribution in [3.05, 3.63) is 0 Å². The molecule has 85 heavy (non-hydrogen) atoms. The molecule has 19 heteroatoms. The van der Waals surface area contributed by atoms with Crippen LogP contribution < -0.4 is 0 Å². The number of carbonyl (C=O) groups excluding carboxylic acids is 4. The molecule has 5 atom stereocenters. The minimum Gasteiger partial charge on any atom is -0.462 e. The molecule has 2 unspecified atom stereocenters. The fourth-order valence-electron chi connectivity index (χ4n) is 9.83. The third kappa shape index (κ3) is 60.7. The summed E-state index contributed by atoms with van der Waals surface area (Å²) in [5.74, 6) is 0.0528. The van der Waals surface area contributed by atoms with Crippen molar-refractivity contribution >= 4 is 39.5 Å². The number of carbonyl (C=O) groups is 4. The number of phosphoric acid groups is 2. The van der Waals surface area contributed by atoms with E-state index in [9.17, 15) is 43.2 Å². The molecule has 0 radical (unpaired) electrons. The van der Waals surface area contributed by atoms with E-state index in [-0.39, 0.29) is 25.7 Å². The number of aliphatic hydroxyl groups is 1. The molecule has 0 rings (SSSR count). The Bertz CT molecular complexity index is 1680. The summed E-state index contributed by atoms with van der Waals surface area (Å²) in [4.78, 5) is 72.2. The standard InChI is InChI=1S/C66H128O17P2/c1-8-9-10-11-12-18-25-33-40-47-63(68)76-54-62(83-66(71)50-43-36-29-28-32-39-46-59(6)7)56-81-85(74,75)79-52-60(67)51-78-84(72,73)80-55-61(53-77-64(69)48-41-34-26-22-17-20-24-31-38-45-58(4)5)82-65(70)49-42-35-27-21-16-14-13-15-19-23-30-37-44-57(2)3/h57-62,67H,8-56H2,1-7H3,(H,72,73)(H,74,75)/t60-,61-,62-/m1/s1. The molecule has 0 aromatic heterocycles. The molecule has 0 saturated carbocycles. The molecule has 0 heterocycles. The summed E-state index contributed by atoms with van der Waals surface area (Å²) in [5, 5.41) is 10.5. The maximum Gasteiger partial charge on any atom is 0.472 e. The van der Waals surface area contributed by atoms with E-state index in [4.69, 9.17) is 37.0 Å². The van der Waals surface area contributed by atoms with E-state index in [0.717, 1.165) is 102 Å². The summed E-state index contributed by atoms with van der Waals surface area (Å²) in [5.41, 5.74) is 0. The summed E-state index contributed by atoms with van der Waals surface area (Å²) < 4.78 is 68.0. The quantitative estimate of drug-likeness (QED) is 0.0222. The van der Waals surface area contributed by atoms with Crippen LogP contribution in [0.5, 0.6) is 0 Å². The van der Waals surface area contributed by atoms with Crippen molar-refractivity contribution in [3.63, 3.8) is 0 Å². The topological polar surface area (TPSA) is 237 Å². The van der Waals surface area contributed by atoms with Crippen LogP contribution in [0.4, 0.5) is 0 Å². The van der Waals surface area contributed by atoms with Gasteiger partial charge in [0.05, 0.1) is 26.4 Å². The van der Waals surface area contributed by atoms with Gasteiger partial charge in [-0.3, -0.25) is 37.3 Å². The molecule has 0 aromatic carbocycles. The lowest BCUT2D eigenvalue weighted by Gasteiger charge is -2.21. The number of unbranched alkanes of at least 4 members (excludes halogenated alkanes) is 32. The summed E-state index contributed by atoms with van der Waals surface area (Å²) in [6.45, 7) is 11.7. The van der Waals surface area contributed by atoms with Gasteiger partial charge in [-0.25, -0.2) is 9.13 Å². The predicted molar refractivity (Wildman–Crippen MR) is 340 cm³/mol. The van der Waals surface area contributed by atoms with Crippen LogP contribution in [-0.2, 0) is 65.4 Å². The number of ether oxygens (including phenoxy) is 4. The summed E-state index contributed by atoms with van der Waals surface area (Å²) in [6.07, 6.45) is 39.1. The van der Waals surface area contributed by atoms with Crippen molar-refractivity contribution in [1.29, 1.82) is 0 Å². The number of hydrogen-bond donors (Lipinski definition) is 3. The molecule has 17 nitrogen and oxygen atoms in total. The van der Waals surface area contributed by atoms with Gasteiger partial charge in [0.1, 0.15) is 19.3 Å². The Kier molecular flexibility index (Phi) is 55.9. The lowest BCUT2D eigenvalue weighted by Crippen LogP contribution is -2.30. The normalized spacial score (nSPS) is 14.3. The Balaban J connectivity index is 5.23. The number of phosphoric ester groups is 2. The second-order valence-corrected chi connectivity index (χ2v) is 28.2. The smallest absolute Gasteiger partial charge is 0.462 e. The second-order valence-electron chi connectivity index (χ2n) is 25.3. The summed E-state index contributed by atoms with van der Waals surface area (Å²) in [6, 6.07) is 0. The summed E-state index contributed by atoms with van der Waals surface area (Å²) >= 11 is 0. The monoisotopic (exact) mass is 1250 g/mol. The van der Waals surface area contributed by atoms with Gasteiger partial charge in [-0.2, -0.15) is 0 Å². The van der Waals surface area contributed by atoms with Crippen molar-refractivity contribution in [1.82, 2.24) is 0 Å². The highest BCUT2D eigenvalue weighted by molar-refractivity contribution is 7.47. The highest BCUT2D eigenvalue weighted by atomic mass is 31.2. The molecular formula is C66H128O17P2. The molecule has 3 N–H and O–H groups in total. The average Bonchev–Trinajstić information content (AvgIpc) is 3.57. The molecule has 0 aromatic rings. The first-order valence-corrected chi connectivity index (χ1v) is 37.3. The highest BCUT2D eigenvalue weighted by Crippen LogP contribution is 2.45. The van der Waals surface area contributed by atoms with Crippen molar-refractivity contribution < 1.29 is 80.2 Å². The van der Waals surface area contributed by atoms with Crippen LogP contribution in [0.2, 0.25) is 0 Å². The zero-order valence-corrected chi connectivity index (χ0v) is 56.9. The lowest BCUT2D eigenvalue weighted by molar-refractivity contribution is -0.161. The Morgan fingerprint density at radius 3 is 0.800 bits per heavy atom. The SMILES string of the molecule is CCCCCCCCCCCC(=O)OC[C@H](COP(=O)(O)OC[C@H](O)COP(=O)(O)OC[C@@H](COC(=O)CCCCCCCCCCCC(C)C)OC(=O)CCCCCCCCCCCCCCC(C)C)OC(=O)CCCCCCCCC(C)C. The van der Waals surface area contributed by atoms with E-state index >= 15 is 0 Å². The van der Waals surface area contributed by atoms with Gasteiger partial charge < -0.3 is 33.8 Å². The minimum absolute atomic E-state index is 0.102. The number of esters is 4. The molecule has 0 aliphatic rings. The number of hydrogen-bond acceptors (Lipinski definition) is 15. The molecule has 0 spiro atoms. The second kappa shape index (κ2) is 57.2. The molecular weight excluding hydrogens is 1130 g/mol. The molecule has 0 aliphatic heterocycles. The zero-order valence-electron chi connectivity index (χ0n) is 55.1. The van der Waals surface area contributed by atoms with Gasteiger partial charge in [-0.1, -0.05) is 273 Å². The molecule has 0 aliphatic carbocycles. The fraction of sp³-hybridized carbons (Fsp3) is 0.939. The number of aliphatic hydroxyl groups excluding tert-OH is 1. The molecule has 504 valence electrons. The van der Waals surface area contributed by atoms with E-state index in [0.29, 0.717) is 31.6 Å². The van der Waals surface area contributed by atoms with E-state index in [1.54, 1.807) is 0 Å². The predicted octanol–water partition coefficient (Wildman–Crippen LogP) is 18.3. The summed E-state index contributed by atoms with van der Waals surface area (Å²) in [7, 11) is -9.89. The molecule has 0 bridgehead atoms. The van der Waals surface area contributed by atoms with Crippen LogP contribution >= 0.6 is 15.6 Å². The average molecular weight is 1260 g/mol. The third-order valence-corrected chi connectivity index (χ3v) is 17.0. The molecule has 0 amide bonds. The van der Waals surface area contributed by atoms with Crippen LogP contribution in [0.15, 0.2) is 0 Å². The third-order valence-electron chi connectivity index (χ3n) is 15.1. The van der Waals surface area contributed by atoms with E-state index in [2.05, 4.69) is 48.5 Å². The van der Waals surface area contributed by atoms with Crippen molar-refractivity contribution in [2.45, 2.75) is 343 Å². The Morgan fingerprint density at radius 1 is 0.318 bits per heavy atom. The Hall–Kier alpha value is -1.94. The van der Waals surface area contributed by atoms with E-state index in [1.165, 1.54) is 135 Å². The van der Waals surface area contributed by atoms with Gasteiger partial charge in [-0.15, -0.1) is 0 Å². The van der Waals surface area contributed by atoms with Crippen LogP contribution in [0.3, 0.4) is 0 Å². The van der Waals surface area contributed by atoms with Gasteiger partial charge in [0, 0.05) is 25.7 Å². The van der Waals surface area contributed by atoms with Gasteiger partial charge in [-0.05, 0) is 43.4 Å². The van der Waals surface area contributed by atoms with Gasteiger partial charge in [0.25, 0.3) is 0 Å². The van der Waals surface area contributed by atoms with E-state index in [1.807, 2.05) is 0 Å².